The van der Waals surface area contributed by atoms with Crippen molar-refractivity contribution in [2.45, 2.75) is 18.9 Å². The summed E-state index contributed by atoms with van der Waals surface area (Å²) in [6.07, 6.45) is 0.299. The summed E-state index contributed by atoms with van der Waals surface area (Å²) in [6.45, 7) is 1.18. The molecule has 0 spiro atoms. The van der Waals surface area contributed by atoms with E-state index in [-0.39, 0.29) is 25.9 Å². The molecule has 0 fully saturated rings. The molecule has 6 heteroatoms. The third-order valence-corrected chi connectivity index (χ3v) is 1.71. The zero-order chi connectivity index (χ0) is 12.8. The van der Waals surface area contributed by atoms with Crippen molar-refractivity contribution in [3.05, 3.63) is 0 Å². The highest BCUT2D eigenvalue weighted by Gasteiger charge is 2.09. The highest BCUT2D eigenvalue weighted by atomic mass is 16.6. The lowest BCUT2D eigenvalue weighted by Gasteiger charge is -2.15. The fourth-order valence-corrected chi connectivity index (χ4v) is 0.965. The van der Waals surface area contributed by atoms with Crippen LogP contribution in [0.5, 0.6) is 0 Å². The minimum Gasteiger partial charge on any atom is -0.378 e. The average Bonchev–Trinajstić information content (AvgIpc) is 2.35. The van der Waals surface area contributed by atoms with Crippen LogP contribution >= 0.6 is 0 Å². The smallest absolute Gasteiger partial charge is 0.134 e. The maximum absolute atomic E-state index is 8.39. The first kappa shape index (κ1) is 15.3. The summed E-state index contributed by atoms with van der Waals surface area (Å²) in [7, 11) is 0. The molecule has 0 saturated heterocycles. The number of rotatable bonds is 10. The van der Waals surface area contributed by atoms with Gasteiger partial charge in [0, 0.05) is 0 Å². The third kappa shape index (κ3) is 10.6. The lowest BCUT2D eigenvalue weighted by molar-refractivity contribution is -0.0489. The summed E-state index contributed by atoms with van der Waals surface area (Å²) in [5.74, 6) is 0. The van der Waals surface area contributed by atoms with Crippen molar-refractivity contribution in [3.8, 4) is 18.2 Å². The van der Waals surface area contributed by atoms with Gasteiger partial charge in [0.1, 0.15) is 12.7 Å². The SMILES string of the molecule is N#CCCOCC(COCCC#N)OCC#N. The van der Waals surface area contributed by atoms with Crippen molar-refractivity contribution in [1.29, 1.82) is 15.8 Å². The van der Waals surface area contributed by atoms with E-state index in [0.29, 0.717) is 26.1 Å². The Morgan fingerprint density at radius 3 is 1.76 bits per heavy atom. The molecule has 0 aromatic carbocycles. The average molecular weight is 237 g/mol. The lowest BCUT2D eigenvalue weighted by atomic mass is 10.4. The molecule has 0 rings (SSSR count). The van der Waals surface area contributed by atoms with E-state index in [1.807, 2.05) is 18.2 Å². The van der Waals surface area contributed by atoms with Gasteiger partial charge in [-0.3, -0.25) is 0 Å². The standard InChI is InChI=1S/C11H15N3O3/c12-3-1-6-15-9-11(17-8-5-14)10-16-7-2-4-13/h11H,1-2,6-10H2. The largest absolute Gasteiger partial charge is 0.378 e. The molecule has 0 aliphatic rings. The van der Waals surface area contributed by atoms with Gasteiger partial charge in [-0.25, -0.2) is 0 Å². The molecule has 0 aliphatic heterocycles. The second-order valence-corrected chi connectivity index (χ2v) is 3.06. The summed E-state index contributed by atoms with van der Waals surface area (Å²) in [4.78, 5) is 0. The first-order valence-electron chi connectivity index (χ1n) is 5.23. The van der Waals surface area contributed by atoms with Crippen LogP contribution in [0, 0.1) is 34.0 Å². The van der Waals surface area contributed by atoms with E-state index >= 15 is 0 Å². The minimum atomic E-state index is -0.341. The van der Waals surface area contributed by atoms with Gasteiger partial charge in [-0.2, -0.15) is 15.8 Å². The molecule has 0 aromatic rings. The Kier molecular flexibility index (Phi) is 11.2. The van der Waals surface area contributed by atoms with Crippen molar-refractivity contribution in [2.24, 2.45) is 0 Å². The van der Waals surface area contributed by atoms with Gasteiger partial charge in [-0.1, -0.05) is 0 Å². The van der Waals surface area contributed by atoms with Gasteiger partial charge in [0.05, 0.1) is 57.5 Å². The van der Waals surface area contributed by atoms with Crippen LogP contribution in [0.3, 0.4) is 0 Å². The maximum atomic E-state index is 8.39. The van der Waals surface area contributed by atoms with Gasteiger partial charge >= 0.3 is 0 Å². The van der Waals surface area contributed by atoms with Crippen LogP contribution in [0.4, 0.5) is 0 Å². The van der Waals surface area contributed by atoms with E-state index in [2.05, 4.69) is 0 Å². The molecule has 6 nitrogen and oxygen atoms in total. The molecule has 0 unspecified atom stereocenters. The molecule has 0 N–H and O–H groups in total. The lowest BCUT2D eigenvalue weighted by Crippen LogP contribution is -2.26. The molecule has 0 radical (unpaired) electrons. The molecule has 0 heterocycles. The van der Waals surface area contributed by atoms with Crippen LogP contribution in [0.15, 0.2) is 0 Å². The van der Waals surface area contributed by atoms with Crippen molar-refractivity contribution in [1.82, 2.24) is 0 Å². The molecule has 0 bridgehead atoms. The van der Waals surface area contributed by atoms with Crippen LogP contribution in [0.25, 0.3) is 0 Å². The van der Waals surface area contributed by atoms with Crippen LogP contribution in [-0.2, 0) is 14.2 Å². The van der Waals surface area contributed by atoms with E-state index in [1.165, 1.54) is 0 Å². The van der Waals surface area contributed by atoms with E-state index in [1.54, 1.807) is 0 Å². The number of hydrogen-bond acceptors (Lipinski definition) is 6. The van der Waals surface area contributed by atoms with E-state index in [4.69, 9.17) is 30.0 Å². The zero-order valence-corrected chi connectivity index (χ0v) is 9.59. The molecule has 0 atom stereocenters. The number of hydrogen-bond donors (Lipinski definition) is 0. The van der Waals surface area contributed by atoms with Crippen molar-refractivity contribution in [3.63, 3.8) is 0 Å². The molecular weight excluding hydrogens is 222 g/mol. The van der Waals surface area contributed by atoms with Crippen LogP contribution in [0.2, 0.25) is 0 Å². The number of nitrogens with zero attached hydrogens (tertiary/aromatic N) is 3. The van der Waals surface area contributed by atoms with E-state index in [9.17, 15) is 0 Å². The Hall–Kier alpha value is -1.65. The Labute approximate surface area is 101 Å². The van der Waals surface area contributed by atoms with Gasteiger partial charge in [-0.15, -0.1) is 0 Å². The predicted molar refractivity (Wildman–Crippen MR) is 57.5 cm³/mol. The highest BCUT2D eigenvalue weighted by Crippen LogP contribution is 1.96. The molecule has 0 aromatic heterocycles. The summed E-state index contributed by atoms with van der Waals surface area (Å²) in [5.41, 5.74) is 0. The molecule has 17 heavy (non-hydrogen) atoms. The summed E-state index contributed by atoms with van der Waals surface area (Å²) in [6, 6.07) is 5.78. The number of nitriles is 3. The van der Waals surface area contributed by atoms with E-state index < -0.39 is 0 Å². The van der Waals surface area contributed by atoms with Crippen molar-refractivity contribution in [2.75, 3.05) is 33.0 Å². The molecular formula is C11H15N3O3. The van der Waals surface area contributed by atoms with Gasteiger partial charge in [0.2, 0.25) is 0 Å². The first-order chi connectivity index (χ1) is 8.35. The Morgan fingerprint density at radius 1 is 0.824 bits per heavy atom. The van der Waals surface area contributed by atoms with Gasteiger partial charge in [0.15, 0.2) is 0 Å². The van der Waals surface area contributed by atoms with Gasteiger partial charge in [0.25, 0.3) is 0 Å². The number of ether oxygens (including phenoxy) is 3. The Bertz CT molecular complexity index is 279. The van der Waals surface area contributed by atoms with Gasteiger partial charge < -0.3 is 14.2 Å². The summed E-state index contributed by atoms with van der Waals surface area (Å²) in [5, 5.41) is 25.0. The van der Waals surface area contributed by atoms with E-state index in [0.717, 1.165) is 0 Å². The molecule has 92 valence electrons. The Balaban J connectivity index is 3.69. The van der Waals surface area contributed by atoms with Gasteiger partial charge in [-0.05, 0) is 0 Å². The molecule has 0 aliphatic carbocycles. The second-order valence-electron chi connectivity index (χ2n) is 3.06. The highest BCUT2D eigenvalue weighted by molar-refractivity contribution is 4.71. The normalized spacial score (nSPS) is 9.53. The monoisotopic (exact) mass is 237 g/mol. The molecule has 0 amide bonds. The topological polar surface area (TPSA) is 99.1 Å². The molecule has 0 saturated carbocycles. The minimum absolute atomic E-state index is 0.0338. The zero-order valence-electron chi connectivity index (χ0n) is 9.59. The Morgan fingerprint density at radius 2 is 1.35 bits per heavy atom. The first-order valence-corrected chi connectivity index (χ1v) is 5.23. The fraction of sp³-hybridized carbons (Fsp3) is 0.727. The van der Waals surface area contributed by atoms with Crippen molar-refractivity contribution < 1.29 is 14.2 Å². The summed E-state index contributed by atoms with van der Waals surface area (Å²) < 4.78 is 15.6. The van der Waals surface area contributed by atoms with Crippen LogP contribution in [0.1, 0.15) is 12.8 Å². The quantitative estimate of drug-likeness (QED) is 0.520. The van der Waals surface area contributed by atoms with Crippen LogP contribution in [-0.4, -0.2) is 39.1 Å². The predicted octanol–water partition coefficient (Wildman–Crippen LogP) is 0.756. The second kappa shape index (κ2) is 12.4. The fourth-order valence-electron chi connectivity index (χ4n) is 0.965. The van der Waals surface area contributed by atoms with Crippen LogP contribution < -0.4 is 0 Å². The maximum Gasteiger partial charge on any atom is 0.134 e. The van der Waals surface area contributed by atoms with Crippen molar-refractivity contribution >= 4 is 0 Å². The third-order valence-electron chi connectivity index (χ3n) is 1.71. The summed E-state index contributed by atoms with van der Waals surface area (Å²) >= 11 is 0.